The van der Waals surface area contributed by atoms with E-state index in [1.54, 1.807) is 47.4 Å². The molecule has 122 valence electrons. The van der Waals surface area contributed by atoms with Crippen LogP contribution in [0.15, 0.2) is 71.9 Å². The molecule has 3 aromatic rings. The molecule has 0 spiro atoms. The second kappa shape index (κ2) is 6.13. The Morgan fingerprint density at radius 1 is 1.08 bits per heavy atom. The summed E-state index contributed by atoms with van der Waals surface area (Å²) >= 11 is 0. The van der Waals surface area contributed by atoms with Crippen LogP contribution in [0.1, 0.15) is 0 Å². The fourth-order valence-corrected chi connectivity index (χ4v) is 3.20. The third kappa shape index (κ3) is 3.25. The summed E-state index contributed by atoms with van der Waals surface area (Å²) in [6.45, 7) is 0. The number of rotatable bonds is 5. The number of non-ortho nitro benzene ring substituents is 1. The average Bonchev–Trinajstić information content (AvgIpc) is 3.09. The molecule has 0 aliphatic carbocycles. The molecule has 0 fully saturated rings. The summed E-state index contributed by atoms with van der Waals surface area (Å²) in [6.07, 6.45) is 3.34. The quantitative estimate of drug-likeness (QED) is 0.565. The minimum Gasteiger partial charge on any atom is -0.280 e. The number of nitro benzene ring substituents is 1. The maximum atomic E-state index is 12.4. The van der Waals surface area contributed by atoms with Crippen molar-refractivity contribution in [1.29, 1.82) is 0 Å². The van der Waals surface area contributed by atoms with Gasteiger partial charge in [-0.05, 0) is 30.3 Å². The average molecular weight is 344 g/mol. The van der Waals surface area contributed by atoms with Crippen LogP contribution < -0.4 is 4.72 Å². The van der Waals surface area contributed by atoms with Crippen molar-refractivity contribution in [2.45, 2.75) is 4.90 Å². The molecule has 1 aromatic heterocycles. The van der Waals surface area contributed by atoms with Crippen molar-refractivity contribution < 1.29 is 13.3 Å². The van der Waals surface area contributed by atoms with Crippen LogP contribution in [-0.4, -0.2) is 23.1 Å². The zero-order valence-electron chi connectivity index (χ0n) is 12.2. The maximum Gasteiger partial charge on any atom is 0.270 e. The third-order valence-electron chi connectivity index (χ3n) is 3.21. The van der Waals surface area contributed by atoms with Gasteiger partial charge in [0.05, 0.1) is 21.2 Å². The number of nitrogens with zero attached hydrogens (tertiary/aromatic N) is 3. The SMILES string of the molecule is O=[N+]([O-])c1cccc(S(=O)(=O)Nc2cccc(-n3cccn3)c2)c1. The molecule has 0 unspecified atom stereocenters. The first-order chi connectivity index (χ1) is 11.5. The van der Waals surface area contributed by atoms with Crippen LogP contribution in [-0.2, 0) is 10.0 Å². The molecule has 0 aliphatic heterocycles. The van der Waals surface area contributed by atoms with Crippen LogP contribution in [0, 0.1) is 10.1 Å². The smallest absolute Gasteiger partial charge is 0.270 e. The molecule has 9 heteroatoms. The molecule has 3 rings (SSSR count). The van der Waals surface area contributed by atoms with Gasteiger partial charge in [-0.1, -0.05) is 12.1 Å². The predicted octanol–water partition coefficient (Wildman–Crippen LogP) is 2.58. The fraction of sp³-hybridized carbons (Fsp3) is 0. The van der Waals surface area contributed by atoms with Crippen molar-refractivity contribution in [2.75, 3.05) is 4.72 Å². The Morgan fingerprint density at radius 2 is 1.88 bits per heavy atom. The van der Waals surface area contributed by atoms with E-state index in [9.17, 15) is 18.5 Å². The van der Waals surface area contributed by atoms with E-state index in [4.69, 9.17) is 0 Å². The normalized spacial score (nSPS) is 11.2. The standard InChI is InChI=1S/C15H12N4O4S/c20-19(21)14-6-2-7-15(11-14)24(22,23)17-12-4-1-5-13(10-12)18-9-3-8-16-18/h1-11,17H. The summed E-state index contributed by atoms with van der Waals surface area (Å²) in [4.78, 5) is 9.97. The Kier molecular flexibility index (Phi) is 4.00. The van der Waals surface area contributed by atoms with Crippen molar-refractivity contribution in [3.05, 3.63) is 77.1 Å². The van der Waals surface area contributed by atoms with E-state index < -0.39 is 14.9 Å². The first-order valence-electron chi connectivity index (χ1n) is 6.83. The van der Waals surface area contributed by atoms with Crippen molar-refractivity contribution in [3.8, 4) is 5.69 Å². The van der Waals surface area contributed by atoms with E-state index in [2.05, 4.69) is 9.82 Å². The van der Waals surface area contributed by atoms with Gasteiger partial charge in [-0.3, -0.25) is 14.8 Å². The number of hydrogen-bond donors (Lipinski definition) is 1. The number of anilines is 1. The lowest BCUT2D eigenvalue weighted by Crippen LogP contribution is -2.13. The molecule has 0 aliphatic rings. The van der Waals surface area contributed by atoms with E-state index >= 15 is 0 Å². The van der Waals surface area contributed by atoms with Crippen molar-refractivity contribution >= 4 is 21.4 Å². The van der Waals surface area contributed by atoms with Gasteiger partial charge in [0, 0.05) is 24.5 Å². The second-order valence-corrected chi connectivity index (χ2v) is 6.54. The summed E-state index contributed by atoms with van der Waals surface area (Å²) < 4.78 is 28.8. The summed E-state index contributed by atoms with van der Waals surface area (Å²) in [7, 11) is -3.94. The lowest BCUT2D eigenvalue weighted by atomic mass is 10.3. The summed E-state index contributed by atoms with van der Waals surface area (Å²) in [6, 6.07) is 13.3. The van der Waals surface area contributed by atoms with E-state index in [0.29, 0.717) is 11.4 Å². The number of nitrogens with one attached hydrogen (secondary N) is 1. The van der Waals surface area contributed by atoms with E-state index in [1.165, 1.54) is 18.2 Å². The Morgan fingerprint density at radius 3 is 2.58 bits per heavy atom. The number of hydrogen-bond acceptors (Lipinski definition) is 5. The number of aromatic nitrogens is 2. The highest BCUT2D eigenvalue weighted by Gasteiger charge is 2.18. The lowest BCUT2D eigenvalue weighted by molar-refractivity contribution is -0.385. The largest absolute Gasteiger partial charge is 0.280 e. The van der Waals surface area contributed by atoms with E-state index in [0.717, 1.165) is 6.07 Å². The number of nitro groups is 1. The Bertz CT molecular complexity index is 984. The zero-order chi connectivity index (χ0) is 17.2. The topological polar surface area (TPSA) is 107 Å². The van der Waals surface area contributed by atoms with Gasteiger partial charge in [0.2, 0.25) is 0 Å². The first-order valence-corrected chi connectivity index (χ1v) is 8.31. The van der Waals surface area contributed by atoms with Gasteiger partial charge >= 0.3 is 0 Å². The van der Waals surface area contributed by atoms with Gasteiger partial charge in [-0.25, -0.2) is 13.1 Å². The van der Waals surface area contributed by atoms with Gasteiger partial charge in [0.15, 0.2) is 0 Å². The first kappa shape index (κ1) is 15.7. The third-order valence-corrected chi connectivity index (χ3v) is 4.59. The maximum absolute atomic E-state index is 12.4. The summed E-state index contributed by atoms with van der Waals surface area (Å²) in [5, 5.41) is 14.9. The molecule has 0 bridgehead atoms. The van der Waals surface area contributed by atoms with E-state index in [-0.39, 0.29) is 10.6 Å². The molecule has 0 saturated heterocycles. The number of benzene rings is 2. The van der Waals surface area contributed by atoms with Gasteiger partial charge in [0.25, 0.3) is 15.7 Å². The molecule has 2 aromatic carbocycles. The molecular weight excluding hydrogens is 332 g/mol. The molecular formula is C15H12N4O4S. The van der Waals surface area contributed by atoms with Crippen LogP contribution in [0.4, 0.5) is 11.4 Å². The van der Waals surface area contributed by atoms with Crippen LogP contribution in [0.5, 0.6) is 0 Å². The summed E-state index contributed by atoms with van der Waals surface area (Å²) in [5.74, 6) is 0. The molecule has 1 N–H and O–H groups in total. The Labute approximate surface area is 137 Å². The molecule has 1 heterocycles. The molecule has 0 saturated carbocycles. The minimum atomic E-state index is -3.94. The van der Waals surface area contributed by atoms with Crippen molar-refractivity contribution in [3.63, 3.8) is 0 Å². The summed E-state index contributed by atoms with van der Waals surface area (Å²) in [5.41, 5.74) is 0.719. The molecule has 24 heavy (non-hydrogen) atoms. The van der Waals surface area contributed by atoms with Gasteiger partial charge < -0.3 is 0 Å². The monoisotopic (exact) mass is 344 g/mol. The van der Waals surface area contributed by atoms with Crippen molar-refractivity contribution in [1.82, 2.24) is 9.78 Å². The Balaban J connectivity index is 1.91. The minimum absolute atomic E-state index is 0.179. The Hall–Kier alpha value is -3.20. The molecule has 0 radical (unpaired) electrons. The molecule has 0 atom stereocenters. The molecule has 8 nitrogen and oxygen atoms in total. The fourth-order valence-electron chi connectivity index (χ4n) is 2.11. The second-order valence-electron chi connectivity index (χ2n) is 4.86. The lowest BCUT2D eigenvalue weighted by Gasteiger charge is -2.09. The zero-order valence-corrected chi connectivity index (χ0v) is 13.1. The van der Waals surface area contributed by atoms with Gasteiger partial charge in [-0.2, -0.15) is 5.10 Å². The molecule has 0 amide bonds. The highest BCUT2D eigenvalue weighted by molar-refractivity contribution is 7.92. The highest BCUT2D eigenvalue weighted by atomic mass is 32.2. The van der Waals surface area contributed by atoms with Crippen molar-refractivity contribution in [2.24, 2.45) is 0 Å². The predicted molar refractivity (Wildman–Crippen MR) is 87.5 cm³/mol. The number of sulfonamides is 1. The van der Waals surface area contributed by atoms with Crippen LogP contribution in [0.2, 0.25) is 0 Å². The van der Waals surface area contributed by atoms with Crippen LogP contribution >= 0.6 is 0 Å². The van der Waals surface area contributed by atoms with Gasteiger partial charge in [0.1, 0.15) is 0 Å². The highest BCUT2D eigenvalue weighted by Crippen LogP contribution is 2.21. The van der Waals surface area contributed by atoms with E-state index in [1.807, 2.05) is 0 Å². The van der Waals surface area contributed by atoms with Crippen LogP contribution in [0.25, 0.3) is 5.69 Å². The van der Waals surface area contributed by atoms with Gasteiger partial charge in [-0.15, -0.1) is 0 Å². The van der Waals surface area contributed by atoms with Crippen LogP contribution in [0.3, 0.4) is 0 Å².